The van der Waals surface area contributed by atoms with Crippen LogP contribution in [0.3, 0.4) is 0 Å². The molecule has 5 atom stereocenters. The molecule has 0 spiro atoms. The van der Waals surface area contributed by atoms with E-state index in [-0.39, 0.29) is 18.5 Å². The summed E-state index contributed by atoms with van der Waals surface area (Å²) in [5.74, 6) is -12.7. The number of β-amino-alcohol motifs (C(OH)–C–C–N with tert-alkyl or cyclic N) is 1. The maximum Gasteiger partial charge on any atom is 0.461 e. The van der Waals surface area contributed by atoms with Crippen molar-refractivity contribution in [3.8, 4) is 0 Å². The highest BCUT2D eigenvalue weighted by Crippen LogP contribution is 2.37. The third-order valence-electron chi connectivity index (χ3n) is 7.86. The third-order valence-corrected chi connectivity index (χ3v) is 7.86. The number of carbonyl (C=O) groups is 4. The first-order chi connectivity index (χ1) is 20.9. The summed E-state index contributed by atoms with van der Waals surface area (Å²) < 4.78 is 71.6. The van der Waals surface area contributed by atoms with Gasteiger partial charge in [-0.2, -0.15) is 22.0 Å². The van der Waals surface area contributed by atoms with Crippen LogP contribution in [0.1, 0.15) is 56.3 Å². The van der Waals surface area contributed by atoms with Crippen LogP contribution in [0.4, 0.5) is 22.0 Å². The van der Waals surface area contributed by atoms with Crippen molar-refractivity contribution in [3.63, 3.8) is 0 Å². The molecule has 2 fully saturated rings. The van der Waals surface area contributed by atoms with Gasteiger partial charge < -0.3 is 30.5 Å². The molecule has 2 aliphatic rings. The predicted octanol–water partition coefficient (Wildman–Crippen LogP) is 1.63. The van der Waals surface area contributed by atoms with Gasteiger partial charge in [-0.15, -0.1) is 0 Å². The summed E-state index contributed by atoms with van der Waals surface area (Å²) in [5.41, 5.74) is 0.696. The molecule has 0 saturated carbocycles. The first-order valence-electron chi connectivity index (χ1n) is 14.5. The fraction of sp³-hybridized carbons (Fsp3) is 0.655. The lowest BCUT2D eigenvalue weighted by molar-refractivity contribution is -0.270. The van der Waals surface area contributed by atoms with Gasteiger partial charge in [-0.1, -0.05) is 39.8 Å². The van der Waals surface area contributed by atoms with E-state index in [1.54, 1.807) is 26.0 Å². The average molecular weight is 651 g/mol. The number of Topliss-reactive ketones (excluding diaryl/α,β-unsaturated/α-hetero) is 1. The highest BCUT2D eigenvalue weighted by molar-refractivity contribution is 5.99. The zero-order chi connectivity index (χ0) is 33.9. The second kappa shape index (κ2) is 14.5. The van der Waals surface area contributed by atoms with E-state index in [1.165, 1.54) is 26.0 Å². The summed E-state index contributed by atoms with van der Waals surface area (Å²) in [5, 5.41) is 25.4. The van der Waals surface area contributed by atoms with Crippen LogP contribution in [-0.4, -0.2) is 113 Å². The van der Waals surface area contributed by atoms with Gasteiger partial charge in [-0.3, -0.25) is 24.1 Å². The molecule has 2 saturated heterocycles. The Labute approximate surface area is 257 Å². The van der Waals surface area contributed by atoms with E-state index in [0.717, 1.165) is 4.90 Å². The maximum absolute atomic E-state index is 13.8. The van der Waals surface area contributed by atoms with Crippen molar-refractivity contribution < 1.29 is 56.1 Å². The number of hydrogen-bond acceptors (Lipinski definition) is 8. The van der Waals surface area contributed by atoms with E-state index in [1.807, 2.05) is 10.2 Å². The highest BCUT2D eigenvalue weighted by atomic mass is 19.4. The minimum absolute atomic E-state index is 0.158. The fourth-order valence-corrected chi connectivity index (χ4v) is 5.18. The smallest absolute Gasteiger partial charge is 0.391 e. The number of halogens is 5. The summed E-state index contributed by atoms with van der Waals surface area (Å²) in [6, 6.07) is 1.07. The number of morpholine rings is 1. The number of rotatable bonds is 11. The number of amides is 3. The van der Waals surface area contributed by atoms with Crippen molar-refractivity contribution in [2.75, 3.05) is 32.8 Å². The Bertz CT molecular complexity index is 1220. The fourth-order valence-electron chi connectivity index (χ4n) is 5.18. The summed E-state index contributed by atoms with van der Waals surface area (Å²) in [6.07, 6.45) is -8.72. The number of carbonyl (C=O) groups excluding carboxylic acids is 4. The normalized spacial score (nSPS) is 21.8. The van der Waals surface area contributed by atoms with E-state index >= 15 is 0 Å². The quantitative estimate of drug-likeness (QED) is 0.264. The van der Waals surface area contributed by atoms with E-state index in [9.17, 15) is 51.3 Å². The second-order valence-corrected chi connectivity index (χ2v) is 11.9. The monoisotopic (exact) mass is 650 g/mol. The summed E-state index contributed by atoms with van der Waals surface area (Å²) in [4.78, 5) is 54.8. The molecular weight excluding hydrogens is 611 g/mol. The molecule has 45 heavy (non-hydrogen) atoms. The van der Waals surface area contributed by atoms with Gasteiger partial charge in [-0.25, -0.2) is 0 Å². The molecule has 2 unspecified atom stereocenters. The van der Waals surface area contributed by atoms with Crippen LogP contribution < -0.4 is 10.6 Å². The van der Waals surface area contributed by atoms with Crippen LogP contribution in [0.25, 0.3) is 0 Å². The number of alkyl halides is 5. The minimum Gasteiger partial charge on any atom is -0.391 e. The van der Waals surface area contributed by atoms with E-state index < -0.39 is 77.9 Å². The highest BCUT2D eigenvalue weighted by Gasteiger charge is 2.65. The minimum atomic E-state index is -6.18. The van der Waals surface area contributed by atoms with Gasteiger partial charge in [0.25, 0.3) is 5.91 Å². The van der Waals surface area contributed by atoms with Crippen LogP contribution in [0.2, 0.25) is 0 Å². The Hall–Kier alpha value is -3.21. The van der Waals surface area contributed by atoms with Gasteiger partial charge in [0.15, 0.2) is 0 Å². The van der Waals surface area contributed by atoms with Crippen molar-refractivity contribution in [1.82, 2.24) is 20.4 Å². The summed E-state index contributed by atoms with van der Waals surface area (Å²) in [7, 11) is 0. The number of hydrogen-bond donors (Lipinski definition) is 4. The molecule has 0 bridgehead atoms. The lowest BCUT2D eigenvalue weighted by atomic mass is 9.95. The Morgan fingerprint density at radius 1 is 0.911 bits per heavy atom. The number of likely N-dealkylation sites (tertiary alicyclic amines) is 1. The number of aliphatic hydroxyl groups is 2. The Balaban J connectivity index is 1.74. The molecule has 16 heteroatoms. The number of nitrogens with one attached hydrogen (secondary N) is 2. The van der Waals surface area contributed by atoms with Crippen LogP contribution in [-0.2, 0) is 19.1 Å². The van der Waals surface area contributed by atoms with Gasteiger partial charge >= 0.3 is 12.1 Å². The summed E-state index contributed by atoms with van der Waals surface area (Å²) >= 11 is 0. The Morgan fingerprint density at radius 2 is 1.47 bits per heavy atom. The largest absolute Gasteiger partial charge is 0.461 e. The predicted molar refractivity (Wildman–Crippen MR) is 149 cm³/mol. The first kappa shape index (κ1) is 36.3. The Kier molecular flexibility index (Phi) is 11.7. The van der Waals surface area contributed by atoms with Crippen LogP contribution in [0, 0.1) is 11.8 Å². The zero-order valence-corrected chi connectivity index (χ0v) is 25.3. The van der Waals surface area contributed by atoms with Gasteiger partial charge in [0.1, 0.15) is 18.3 Å². The van der Waals surface area contributed by atoms with Crippen LogP contribution in [0.15, 0.2) is 24.3 Å². The second-order valence-electron chi connectivity index (χ2n) is 11.9. The molecule has 3 amide bonds. The van der Waals surface area contributed by atoms with Crippen molar-refractivity contribution in [1.29, 1.82) is 0 Å². The molecule has 1 aromatic rings. The van der Waals surface area contributed by atoms with E-state index in [2.05, 4.69) is 5.32 Å². The molecule has 252 valence electrons. The molecular formula is C29H39F5N4O7. The van der Waals surface area contributed by atoms with Crippen LogP contribution >= 0.6 is 0 Å². The van der Waals surface area contributed by atoms with Crippen molar-refractivity contribution in [2.24, 2.45) is 11.8 Å². The van der Waals surface area contributed by atoms with Crippen molar-refractivity contribution in [3.05, 3.63) is 35.4 Å². The lowest BCUT2D eigenvalue weighted by Crippen LogP contribution is -2.60. The van der Waals surface area contributed by atoms with Crippen LogP contribution in [0.5, 0.6) is 0 Å². The van der Waals surface area contributed by atoms with Gasteiger partial charge in [-0.05, 0) is 29.5 Å². The topological polar surface area (TPSA) is 149 Å². The SMILES string of the molecule is CC(C)C(NC(=O)[C@@H]1C[C@@H](O)CN1C(=O)[C@@H](NC(=O)c1ccc(C(O)N2CCOCC2)cc1)C(C)C)C(=O)C(F)(F)C(F)(F)F. The summed E-state index contributed by atoms with van der Waals surface area (Å²) in [6.45, 7) is 7.18. The molecule has 1 aromatic carbocycles. The third kappa shape index (κ3) is 8.34. The molecule has 2 aliphatic heterocycles. The van der Waals surface area contributed by atoms with Gasteiger partial charge in [0.05, 0.1) is 25.4 Å². The molecule has 0 aromatic heterocycles. The Morgan fingerprint density at radius 3 is 1.98 bits per heavy atom. The van der Waals surface area contributed by atoms with Gasteiger partial charge in [0.2, 0.25) is 17.6 Å². The number of aliphatic hydroxyl groups excluding tert-OH is 2. The standard InChI is InChI=1S/C29H39F5N4O7/c1-15(2)21(23(40)28(30,31)29(32,33)34)35-25(42)20-13-19(39)14-38(20)27(44)22(16(3)4)36-24(41)17-5-7-18(8-6-17)26(43)37-9-11-45-12-10-37/h5-8,15-16,19-22,26,39,43H,9-14H2,1-4H3,(H,35,42)(H,36,41)/t19-,20+,21?,22+,26?/m1/s1. The average Bonchev–Trinajstić information content (AvgIpc) is 3.38. The van der Waals surface area contributed by atoms with Gasteiger partial charge in [0, 0.05) is 31.6 Å². The molecule has 0 aliphatic carbocycles. The first-order valence-corrected chi connectivity index (χ1v) is 14.5. The molecule has 2 heterocycles. The molecule has 3 rings (SSSR count). The van der Waals surface area contributed by atoms with E-state index in [4.69, 9.17) is 4.74 Å². The number of nitrogens with zero attached hydrogens (tertiary/aromatic N) is 2. The van der Waals surface area contributed by atoms with E-state index in [0.29, 0.717) is 31.9 Å². The molecule has 11 nitrogen and oxygen atoms in total. The zero-order valence-electron chi connectivity index (χ0n) is 25.3. The number of ketones is 1. The molecule has 0 radical (unpaired) electrons. The van der Waals surface area contributed by atoms with Crippen molar-refractivity contribution in [2.45, 2.75) is 76.7 Å². The molecule has 4 N–H and O–H groups in total. The number of ether oxygens (including phenoxy) is 1. The van der Waals surface area contributed by atoms with Crippen molar-refractivity contribution >= 4 is 23.5 Å². The number of benzene rings is 1. The lowest BCUT2D eigenvalue weighted by Gasteiger charge is -2.32. The maximum atomic E-state index is 13.8.